The number of benzene rings is 2. The van der Waals surface area contributed by atoms with Gasteiger partial charge < -0.3 is 4.74 Å². The van der Waals surface area contributed by atoms with Crippen molar-refractivity contribution in [1.82, 2.24) is 5.43 Å². The minimum atomic E-state index is -0.606. The number of carbonyl (C=O) groups excluding carboxylic acids is 1. The van der Waals surface area contributed by atoms with Crippen LogP contribution in [-0.4, -0.2) is 11.8 Å². The lowest BCUT2D eigenvalue weighted by Gasteiger charge is -2.05. The Labute approximate surface area is 154 Å². The van der Waals surface area contributed by atoms with E-state index in [1.807, 2.05) is 62.4 Å². The molecule has 0 saturated carbocycles. The van der Waals surface area contributed by atoms with Crippen molar-refractivity contribution in [3.63, 3.8) is 0 Å². The zero-order valence-corrected chi connectivity index (χ0v) is 15.0. The first-order valence-electron chi connectivity index (χ1n) is 8.28. The second-order valence-corrected chi connectivity index (χ2v) is 5.45. The normalized spacial score (nSPS) is 13.5. The zero-order chi connectivity index (χ0) is 18.8. The van der Waals surface area contributed by atoms with Crippen LogP contribution >= 0.6 is 0 Å². The van der Waals surface area contributed by atoms with Crippen LogP contribution in [0.2, 0.25) is 0 Å². The topological polar surface area (TPSA) is 50.7 Å². The van der Waals surface area contributed by atoms with Gasteiger partial charge in [0.25, 0.3) is 0 Å². The number of rotatable bonds is 3. The first kappa shape index (κ1) is 18.9. The average Bonchev–Trinajstić information content (AvgIpc) is 2.97. The van der Waals surface area contributed by atoms with E-state index < -0.39 is 6.09 Å². The van der Waals surface area contributed by atoms with Crippen molar-refractivity contribution in [2.24, 2.45) is 5.10 Å². The van der Waals surface area contributed by atoms with Gasteiger partial charge in [-0.1, -0.05) is 67.3 Å². The molecule has 0 radical (unpaired) electrons. The van der Waals surface area contributed by atoms with Gasteiger partial charge in [-0.3, -0.25) is 0 Å². The van der Waals surface area contributed by atoms with Crippen molar-refractivity contribution in [1.29, 1.82) is 0 Å². The Morgan fingerprint density at radius 2 is 1.81 bits per heavy atom. The number of allylic oxidation sites excluding steroid dienone is 4. The fourth-order valence-corrected chi connectivity index (χ4v) is 2.36. The average molecular weight is 346 g/mol. The molecule has 4 heteroatoms. The summed E-state index contributed by atoms with van der Waals surface area (Å²) in [7, 11) is 0. The smallest absolute Gasteiger partial charge is 0.409 e. The molecule has 26 heavy (non-hydrogen) atoms. The largest absolute Gasteiger partial charge is 0.433 e. The number of carbonyl (C=O) groups is 1. The highest BCUT2D eigenvalue weighted by molar-refractivity contribution is 6.20. The van der Waals surface area contributed by atoms with Crippen LogP contribution in [0.4, 0.5) is 4.79 Å². The number of ether oxygens (including phenoxy) is 1. The van der Waals surface area contributed by atoms with Gasteiger partial charge in [0.15, 0.2) is 0 Å². The van der Waals surface area contributed by atoms with Gasteiger partial charge in [0.1, 0.15) is 5.75 Å². The molecular formula is C22H22N2O2. The highest BCUT2D eigenvalue weighted by Gasteiger charge is 2.17. The second-order valence-electron chi connectivity index (χ2n) is 5.45. The summed E-state index contributed by atoms with van der Waals surface area (Å²) >= 11 is 0. The number of hydrogen-bond donors (Lipinski definition) is 1. The van der Waals surface area contributed by atoms with E-state index >= 15 is 0 Å². The van der Waals surface area contributed by atoms with Gasteiger partial charge in [-0.25, -0.2) is 10.2 Å². The van der Waals surface area contributed by atoms with Crippen molar-refractivity contribution < 1.29 is 9.53 Å². The molecule has 0 aliphatic heterocycles. The summed E-state index contributed by atoms with van der Waals surface area (Å²) in [5, 5.41) is 4.17. The van der Waals surface area contributed by atoms with Crippen LogP contribution in [0.15, 0.2) is 90.1 Å². The van der Waals surface area contributed by atoms with E-state index in [-0.39, 0.29) is 0 Å². The summed E-state index contributed by atoms with van der Waals surface area (Å²) in [5.41, 5.74) is 6.31. The molecule has 0 aromatic heterocycles. The maximum atomic E-state index is 11.7. The predicted molar refractivity (Wildman–Crippen MR) is 107 cm³/mol. The summed E-state index contributed by atoms with van der Waals surface area (Å²) in [6.07, 6.45) is 7.01. The van der Waals surface area contributed by atoms with Gasteiger partial charge in [0.05, 0.1) is 5.71 Å². The molecule has 1 amide bonds. The maximum absolute atomic E-state index is 11.7. The van der Waals surface area contributed by atoms with Gasteiger partial charge in [0, 0.05) is 5.56 Å². The van der Waals surface area contributed by atoms with E-state index in [9.17, 15) is 4.79 Å². The molecule has 0 fully saturated rings. The van der Waals surface area contributed by atoms with E-state index in [1.54, 1.807) is 30.3 Å². The van der Waals surface area contributed by atoms with Crippen molar-refractivity contribution in [2.45, 2.75) is 13.8 Å². The minimum Gasteiger partial charge on any atom is -0.409 e. The lowest BCUT2D eigenvalue weighted by molar-refractivity contribution is 0.201. The summed E-state index contributed by atoms with van der Waals surface area (Å²) in [4.78, 5) is 11.7. The minimum absolute atomic E-state index is 0.481. The Morgan fingerprint density at radius 3 is 2.46 bits per heavy atom. The van der Waals surface area contributed by atoms with Crippen LogP contribution in [0.25, 0.3) is 6.08 Å². The van der Waals surface area contributed by atoms with Gasteiger partial charge >= 0.3 is 6.09 Å². The molecule has 1 N–H and O–H groups in total. The summed E-state index contributed by atoms with van der Waals surface area (Å²) in [6, 6.07) is 16.8. The summed E-state index contributed by atoms with van der Waals surface area (Å²) in [6.45, 7) is 7.38. The molecular weight excluding hydrogens is 324 g/mol. The number of nitrogens with one attached hydrogen (secondary N) is 1. The molecule has 0 atom stereocenters. The molecule has 2 aromatic rings. The third-order valence-corrected chi connectivity index (χ3v) is 3.50. The number of hydrogen-bond acceptors (Lipinski definition) is 3. The van der Waals surface area contributed by atoms with Crippen molar-refractivity contribution >= 4 is 17.9 Å². The molecule has 0 heterocycles. The number of amides is 1. The van der Waals surface area contributed by atoms with Gasteiger partial charge in [-0.05, 0) is 43.2 Å². The third kappa shape index (κ3) is 5.31. The molecule has 0 spiro atoms. The lowest BCUT2D eigenvalue weighted by atomic mass is 10.1. The summed E-state index contributed by atoms with van der Waals surface area (Å²) < 4.78 is 5.12. The standard InChI is InChI=1S/C17H14N2O2.C5H8/c1-12-11-13-7-5-6-10-15(13)16(12)18-19-17(20)21-14-8-3-2-4-9-14;1-3-5-4-2/h2-11H,1H3,(H,19,20);3-5H,1H2,2H3/b18-16-;5-4-. The first-order chi connectivity index (χ1) is 12.7. The quantitative estimate of drug-likeness (QED) is 0.602. The van der Waals surface area contributed by atoms with E-state index in [0.717, 1.165) is 22.4 Å². The van der Waals surface area contributed by atoms with Gasteiger partial charge in [-0.2, -0.15) is 5.10 Å². The predicted octanol–water partition coefficient (Wildman–Crippen LogP) is 5.34. The number of nitrogens with zero attached hydrogens (tertiary/aromatic N) is 1. The monoisotopic (exact) mass is 346 g/mol. The lowest BCUT2D eigenvalue weighted by Crippen LogP contribution is -2.23. The van der Waals surface area contributed by atoms with E-state index in [4.69, 9.17) is 4.74 Å². The van der Waals surface area contributed by atoms with E-state index in [0.29, 0.717) is 5.75 Å². The molecule has 132 valence electrons. The molecule has 0 saturated heterocycles. The Bertz CT molecular complexity index is 849. The Balaban J connectivity index is 0.000000431. The first-order valence-corrected chi connectivity index (χ1v) is 8.28. The van der Waals surface area contributed by atoms with Crippen LogP contribution < -0.4 is 10.2 Å². The SMILES string of the molecule is C=C/C=C\C.CC1=Cc2ccccc2/C1=N\NC(=O)Oc1ccccc1. The van der Waals surface area contributed by atoms with Gasteiger partial charge in [0.2, 0.25) is 0 Å². The van der Waals surface area contributed by atoms with Gasteiger partial charge in [-0.15, -0.1) is 0 Å². The maximum Gasteiger partial charge on any atom is 0.433 e. The zero-order valence-electron chi connectivity index (χ0n) is 15.0. The Hall–Kier alpha value is -3.40. The molecule has 2 aromatic carbocycles. The third-order valence-electron chi connectivity index (χ3n) is 3.50. The van der Waals surface area contributed by atoms with Crippen LogP contribution in [0.1, 0.15) is 25.0 Å². The van der Waals surface area contributed by atoms with Crippen molar-refractivity contribution in [3.8, 4) is 5.75 Å². The molecule has 0 bridgehead atoms. The highest BCUT2D eigenvalue weighted by atomic mass is 16.6. The summed E-state index contributed by atoms with van der Waals surface area (Å²) in [5.74, 6) is 0.481. The van der Waals surface area contributed by atoms with Crippen molar-refractivity contribution in [2.75, 3.05) is 0 Å². The molecule has 1 aliphatic rings. The molecule has 4 nitrogen and oxygen atoms in total. The van der Waals surface area contributed by atoms with E-state index in [2.05, 4.69) is 17.1 Å². The van der Waals surface area contributed by atoms with Crippen molar-refractivity contribution in [3.05, 3.63) is 96.1 Å². The Kier molecular flexibility index (Phi) is 7.13. The van der Waals surface area contributed by atoms with Crippen LogP contribution in [0, 0.1) is 0 Å². The van der Waals surface area contributed by atoms with Crippen LogP contribution in [0.5, 0.6) is 5.75 Å². The molecule has 0 unspecified atom stereocenters. The number of hydrazone groups is 1. The number of para-hydroxylation sites is 1. The molecule has 3 rings (SSSR count). The van der Waals surface area contributed by atoms with Crippen LogP contribution in [0.3, 0.4) is 0 Å². The fraction of sp³-hybridized carbons (Fsp3) is 0.0909. The van der Waals surface area contributed by atoms with E-state index in [1.165, 1.54) is 0 Å². The molecule has 1 aliphatic carbocycles. The Morgan fingerprint density at radius 1 is 1.12 bits per heavy atom. The second kappa shape index (κ2) is 9.79. The fourth-order valence-electron chi connectivity index (χ4n) is 2.36. The van der Waals surface area contributed by atoms with Crippen LogP contribution in [-0.2, 0) is 0 Å². The number of fused-ring (bicyclic) bond motifs is 1. The highest BCUT2D eigenvalue weighted by Crippen LogP contribution is 2.24.